The molecular weight excluding hydrogens is 350 g/mol. The summed E-state index contributed by atoms with van der Waals surface area (Å²) in [5.41, 5.74) is 4.45. The molecule has 1 saturated heterocycles. The van der Waals surface area contributed by atoms with E-state index in [1.807, 2.05) is 4.90 Å². The number of aryl methyl sites for hydroxylation is 2. The van der Waals surface area contributed by atoms with E-state index in [4.69, 9.17) is 16.3 Å². The van der Waals surface area contributed by atoms with Crippen molar-refractivity contribution in [1.82, 2.24) is 4.90 Å². The van der Waals surface area contributed by atoms with Crippen LogP contribution >= 0.6 is 11.6 Å². The Labute approximate surface area is 159 Å². The van der Waals surface area contributed by atoms with E-state index in [-0.39, 0.29) is 6.03 Å². The van der Waals surface area contributed by atoms with Crippen molar-refractivity contribution in [3.05, 3.63) is 52.5 Å². The Morgan fingerprint density at radius 2 is 1.81 bits per heavy atom. The molecule has 0 saturated carbocycles. The van der Waals surface area contributed by atoms with Crippen LogP contribution < -0.4 is 15.0 Å². The lowest BCUT2D eigenvalue weighted by atomic mass is 10.1. The number of methoxy groups -OCH3 is 1. The lowest BCUT2D eigenvalue weighted by Gasteiger charge is -2.36. The fourth-order valence-corrected chi connectivity index (χ4v) is 3.52. The summed E-state index contributed by atoms with van der Waals surface area (Å²) in [6, 6.07) is 11.6. The number of anilines is 2. The number of carbonyl (C=O) groups is 1. The molecule has 0 atom stereocenters. The highest BCUT2D eigenvalue weighted by atomic mass is 35.5. The fourth-order valence-electron chi connectivity index (χ4n) is 3.26. The van der Waals surface area contributed by atoms with Crippen molar-refractivity contribution >= 4 is 29.0 Å². The van der Waals surface area contributed by atoms with E-state index in [0.717, 1.165) is 13.1 Å². The largest absolute Gasteiger partial charge is 0.495 e. The Morgan fingerprint density at radius 3 is 2.42 bits per heavy atom. The van der Waals surface area contributed by atoms with E-state index in [1.165, 1.54) is 16.8 Å². The molecule has 0 unspecified atom stereocenters. The highest BCUT2D eigenvalue weighted by Gasteiger charge is 2.22. The molecule has 1 aliphatic heterocycles. The summed E-state index contributed by atoms with van der Waals surface area (Å²) < 4.78 is 5.13. The highest BCUT2D eigenvalue weighted by Crippen LogP contribution is 2.27. The second-order valence-corrected chi connectivity index (χ2v) is 6.95. The van der Waals surface area contributed by atoms with Gasteiger partial charge >= 0.3 is 6.03 Å². The van der Waals surface area contributed by atoms with Gasteiger partial charge in [0.15, 0.2) is 0 Å². The van der Waals surface area contributed by atoms with Gasteiger partial charge in [-0.2, -0.15) is 0 Å². The number of rotatable bonds is 3. The molecule has 2 amide bonds. The summed E-state index contributed by atoms with van der Waals surface area (Å²) in [7, 11) is 1.56. The Hall–Kier alpha value is -2.40. The van der Waals surface area contributed by atoms with E-state index in [0.29, 0.717) is 29.5 Å². The van der Waals surface area contributed by atoms with Crippen molar-refractivity contribution in [3.8, 4) is 5.75 Å². The molecule has 2 aromatic carbocycles. The Kier molecular flexibility index (Phi) is 5.57. The van der Waals surface area contributed by atoms with Gasteiger partial charge in [0.1, 0.15) is 5.75 Å². The molecule has 1 aliphatic rings. The summed E-state index contributed by atoms with van der Waals surface area (Å²) >= 11 is 6.12. The average molecular weight is 374 g/mol. The Morgan fingerprint density at radius 1 is 1.08 bits per heavy atom. The number of benzene rings is 2. The number of nitrogens with one attached hydrogen (secondary N) is 1. The molecule has 2 aromatic rings. The van der Waals surface area contributed by atoms with Crippen LogP contribution in [-0.2, 0) is 0 Å². The molecule has 1 N–H and O–H groups in total. The molecule has 0 spiro atoms. The van der Waals surface area contributed by atoms with Gasteiger partial charge in [-0.05, 0) is 43.7 Å². The zero-order valence-electron chi connectivity index (χ0n) is 15.4. The van der Waals surface area contributed by atoms with Crippen LogP contribution in [-0.4, -0.2) is 44.2 Å². The molecule has 0 radical (unpaired) electrons. The standard InChI is InChI=1S/C20H24ClN3O2/c1-14-4-6-18(15(2)12-14)23-8-10-24(11-9-23)20(25)22-16-5-7-19(26-3)17(21)13-16/h4-7,12-13H,8-11H2,1-3H3,(H,22,25). The van der Waals surface area contributed by atoms with Gasteiger partial charge in [-0.1, -0.05) is 29.3 Å². The first-order valence-electron chi connectivity index (χ1n) is 8.69. The zero-order valence-corrected chi connectivity index (χ0v) is 16.1. The van der Waals surface area contributed by atoms with E-state index < -0.39 is 0 Å². The minimum absolute atomic E-state index is 0.105. The first-order valence-corrected chi connectivity index (χ1v) is 9.07. The van der Waals surface area contributed by atoms with E-state index in [1.54, 1.807) is 25.3 Å². The van der Waals surface area contributed by atoms with Gasteiger partial charge in [-0.3, -0.25) is 0 Å². The number of urea groups is 1. The number of amides is 2. The first-order chi connectivity index (χ1) is 12.5. The predicted molar refractivity (Wildman–Crippen MR) is 107 cm³/mol. The molecule has 5 nitrogen and oxygen atoms in total. The Bertz CT molecular complexity index is 802. The molecule has 0 aromatic heterocycles. The van der Waals surface area contributed by atoms with Gasteiger partial charge in [-0.25, -0.2) is 4.79 Å². The summed E-state index contributed by atoms with van der Waals surface area (Å²) in [6.07, 6.45) is 0. The third-order valence-corrected chi connectivity index (χ3v) is 4.96. The smallest absolute Gasteiger partial charge is 0.321 e. The summed E-state index contributed by atoms with van der Waals surface area (Å²) in [5, 5.41) is 3.38. The van der Waals surface area contributed by atoms with Crippen LogP contribution in [0, 0.1) is 13.8 Å². The highest BCUT2D eigenvalue weighted by molar-refractivity contribution is 6.32. The van der Waals surface area contributed by atoms with Crippen LogP contribution in [0.3, 0.4) is 0 Å². The number of hydrogen-bond donors (Lipinski definition) is 1. The monoisotopic (exact) mass is 373 g/mol. The van der Waals surface area contributed by atoms with Gasteiger partial charge in [0.25, 0.3) is 0 Å². The number of hydrogen-bond acceptors (Lipinski definition) is 3. The second kappa shape index (κ2) is 7.87. The molecular formula is C20H24ClN3O2. The number of piperazine rings is 1. The summed E-state index contributed by atoms with van der Waals surface area (Å²) in [5.74, 6) is 0.590. The van der Waals surface area contributed by atoms with Gasteiger partial charge in [0.05, 0.1) is 12.1 Å². The van der Waals surface area contributed by atoms with Crippen molar-refractivity contribution in [2.75, 3.05) is 43.5 Å². The number of halogens is 1. The van der Waals surface area contributed by atoms with Crippen LogP contribution in [0.5, 0.6) is 5.75 Å². The van der Waals surface area contributed by atoms with Crippen LogP contribution in [0.4, 0.5) is 16.2 Å². The number of nitrogens with zero attached hydrogens (tertiary/aromatic N) is 2. The van der Waals surface area contributed by atoms with Gasteiger partial charge in [-0.15, -0.1) is 0 Å². The third-order valence-electron chi connectivity index (χ3n) is 4.66. The molecule has 3 rings (SSSR count). The molecule has 1 fully saturated rings. The molecule has 138 valence electrons. The minimum atomic E-state index is -0.105. The van der Waals surface area contributed by atoms with Crippen LogP contribution in [0.2, 0.25) is 5.02 Å². The van der Waals surface area contributed by atoms with Gasteiger partial charge in [0, 0.05) is 37.6 Å². The number of carbonyl (C=O) groups excluding carboxylic acids is 1. The van der Waals surface area contributed by atoms with Crippen LogP contribution in [0.25, 0.3) is 0 Å². The normalized spacial score (nSPS) is 14.3. The molecule has 0 bridgehead atoms. The van der Waals surface area contributed by atoms with E-state index in [2.05, 4.69) is 42.3 Å². The van der Waals surface area contributed by atoms with Crippen LogP contribution in [0.15, 0.2) is 36.4 Å². The average Bonchev–Trinajstić information content (AvgIpc) is 2.62. The lowest BCUT2D eigenvalue weighted by molar-refractivity contribution is 0.208. The van der Waals surface area contributed by atoms with Crippen molar-refractivity contribution < 1.29 is 9.53 Å². The second-order valence-electron chi connectivity index (χ2n) is 6.54. The Balaban J connectivity index is 1.59. The van der Waals surface area contributed by atoms with Crippen LogP contribution in [0.1, 0.15) is 11.1 Å². The fraction of sp³-hybridized carbons (Fsp3) is 0.350. The maximum Gasteiger partial charge on any atom is 0.321 e. The number of ether oxygens (including phenoxy) is 1. The van der Waals surface area contributed by atoms with Gasteiger partial charge in [0.2, 0.25) is 0 Å². The SMILES string of the molecule is COc1ccc(NC(=O)N2CCN(c3ccc(C)cc3C)CC2)cc1Cl. The molecule has 26 heavy (non-hydrogen) atoms. The lowest BCUT2D eigenvalue weighted by Crippen LogP contribution is -2.50. The van der Waals surface area contributed by atoms with E-state index in [9.17, 15) is 4.79 Å². The van der Waals surface area contributed by atoms with Crippen molar-refractivity contribution in [2.24, 2.45) is 0 Å². The predicted octanol–water partition coefficient (Wildman–Crippen LogP) is 4.32. The summed E-state index contributed by atoms with van der Waals surface area (Å²) in [4.78, 5) is 16.7. The third kappa shape index (κ3) is 4.05. The first kappa shape index (κ1) is 18.4. The van der Waals surface area contributed by atoms with Crippen molar-refractivity contribution in [1.29, 1.82) is 0 Å². The maximum absolute atomic E-state index is 12.5. The minimum Gasteiger partial charge on any atom is -0.495 e. The molecule has 1 heterocycles. The molecule has 0 aliphatic carbocycles. The van der Waals surface area contributed by atoms with Gasteiger partial charge < -0.3 is 19.9 Å². The van der Waals surface area contributed by atoms with E-state index >= 15 is 0 Å². The molecule has 6 heteroatoms. The summed E-state index contributed by atoms with van der Waals surface area (Å²) in [6.45, 7) is 7.24. The zero-order chi connectivity index (χ0) is 18.7. The topological polar surface area (TPSA) is 44.8 Å². The maximum atomic E-state index is 12.5. The van der Waals surface area contributed by atoms with Crippen molar-refractivity contribution in [3.63, 3.8) is 0 Å². The quantitative estimate of drug-likeness (QED) is 0.871. The van der Waals surface area contributed by atoms with Crippen molar-refractivity contribution in [2.45, 2.75) is 13.8 Å².